The van der Waals surface area contributed by atoms with E-state index in [9.17, 15) is 10.1 Å². The first-order chi connectivity index (χ1) is 9.41. The quantitative estimate of drug-likeness (QED) is 0.683. The Morgan fingerprint density at radius 1 is 1.45 bits per heavy atom. The van der Waals surface area contributed by atoms with Crippen molar-refractivity contribution < 1.29 is 4.92 Å². The summed E-state index contributed by atoms with van der Waals surface area (Å²) in [6.07, 6.45) is 3.05. The predicted octanol–water partition coefficient (Wildman–Crippen LogP) is 2.71. The number of rotatable bonds is 4. The van der Waals surface area contributed by atoms with Crippen LogP contribution in [0.2, 0.25) is 0 Å². The molecular weight excluding hydrogens is 326 g/mol. The predicted molar refractivity (Wildman–Crippen MR) is 78.6 cm³/mol. The van der Waals surface area contributed by atoms with E-state index in [1.54, 1.807) is 17.8 Å². The summed E-state index contributed by atoms with van der Waals surface area (Å²) in [6, 6.07) is 0. The molecule has 0 fully saturated rings. The van der Waals surface area contributed by atoms with Gasteiger partial charge in [0.2, 0.25) is 0 Å². The molecule has 0 aliphatic heterocycles. The van der Waals surface area contributed by atoms with Gasteiger partial charge < -0.3 is 5.32 Å². The molecule has 2 aromatic heterocycles. The van der Waals surface area contributed by atoms with E-state index in [-0.39, 0.29) is 5.69 Å². The first-order valence-corrected chi connectivity index (χ1v) is 6.72. The van der Waals surface area contributed by atoms with Crippen LogP contribution in [0.4, 0.5) is 11.5 Å². The molecule has 0 saturated carbocycles. The normalized spacial score (nSPS) is 10.6. The van der Waals surface area contributed by atoms with E-state index in [1.165, 1.54) is 6.20 Å². The Balaban J connectivity index is 2.21. The van der Waals surface area contributed by atoms with Gasteiger partial charge >= 0.3 is 0 Å². The van der Waals surface area contributed by atoms with E-state index in [4.69, 9.17) is 0 Å². The molecule has 0 aliphatic carbocycles. The number of hydrogen-bond donors (Lipinski definition) is 1. The average molecular weight is 340 g/mol. The molecule has 2 aromatic rings. The lowest BCUT2D eigenvalue weighted by atomic mass is 10.2. The Hall–Kier alpha value is -1.96. The van der Waals surface area contributed by atoms with Crippen molar-refractivity contribution in [3.8, 4) is 0 Å². The molecule has 0 spiro atoms. The maximum atomic E-state index is 10.8. The number of nitrogens with zero attached hydrogens (tertiary/aromatic N) is 4. The van der Waals surface area contributed by atoms with Gasteiger partial charge in [-0.2, -0.15) is 5.10 Å². The molecular formula is C12H14BrN5O2. The van der Waals surface area contributed by atoms with Crippen molar-refractivity contribution in [3.63, 3.8) is 0 Å². The Morgan fingerprint density at radius 2 is 2.15 bits per heavy atom. The SMILES string of the molecule is Cc1c([N+](=O)[O-])cnc(NCc2cnn(C)c2C)c1Br. The molecule has 0 saturated heterocycles. The van der Waals surface area contributed by atoms with Gasteiger partial charge in [0, 0.05) is 30.4 Å². The van der Waals surface area contributed by atoms with Crippen molar-refractivity contribution in [1.82, 2.24) is 14.8 Å². The third kappa shape index (κ3) is 2.64. The minimum absolute atomic E-state index is 0.0000154. The zero-order chi connectivity index (χ0) is 14.9. The van der Waals surface area contributed by atoms with Crippen molar-refractivity contribution >= 4 is 27.4 Å². The number of anilines is 1. The van der Waals surface area contributed by atoms with Crippen molar-refractivity contribution in [3.05, 3.63) is 43.8 Å². The van der Waals surface area contributed by atoms with E-state index in [1.807, 2.05) is 14.0 Å². The molecule has 1 N–H and O–H groups in total. The zero-order valence-corrected chi connectivity index (χ0v) is 12.9. The molecule has 0 aliphatic rings. The Labute approximate surface area is 124 Å². The highest BCUT2D eigenvalue weighted by Crippen LogP contribution is 2.30. The minimum atomic E-state index is -0.442. The fraction of sp³-hybridized carbons (Fsp3) is 0.333. The third-order valence-corrected chi connectivity index (χ3v) is 4.19. The van der Waals surface area contributed by atoms with Crippen molar-refractivity contribution in [2.45, 2.75) is 20.4 Å². The molecule has 106 valence electrons. The topological polar surface area (TPSA) is 85.9 Å². The van der Waals surface area contributed by atoms with Gasteiger partial charge in [0.25, 0.3) is 5.69 Å². The monoisotopic (exact) mass is 339 g/mol. The summed E-state index contributed by atoms with van der Waals surface area (Å²) in [4.78, 5) is 14.5. The van der Waals surface area contributed by atoms with E-state index in [0.29, 0.717) is 22.4 Å². The lowest BCUT2D eigenvalue weighted by Gasteiger charge is -2.09. The molecule has 2 heterocycles. The van der Waals surface area contributed by atoms with Crippen LogP contribution in [0.1, 0.15) is 16.8 Å². The number of nitrogens with one attached hydrogen (secondary N) is 1. The summed E-state index contributed by atoms with van der Waals surface area (Å²) in [5.41, 5.74) is 2.67. The van der Waals surface area contributed by atoms with Crippen LogP contribution in [0.5, 0.6) is 0 Å². The number of aryl methyl sites for hydroxylation is 1. The summed E-state index contributed by atoms with van der Waals surface area (Å²) < 4.78 is 2.40. The maximum absolute atomic E-state index is 10.8. The number of nitro groups is 1. The molecule has 0 atom stereocenters. The second-order valence-electron chi connectivity index (χ2n) is 4.42. The lowest BCUT2D eigenvalue weighted by molar-refractivity contribution is -0.385. The van der Waals surface area contributed by atoms with Crippen LogP contribution >= 0.6 is 15.9 Å². The summed E-state index contributed by atoms with van der Waals surface area (Å²) in [6.45, 7) is 4.22. The standard InChI is InChI=1S/C12H14BrN5O2/c1-7-10(18(19)20)6-15-12(11(7)13)14-4-9-5-16-17(3)8(9)2/h5-6H,4H2,1-3H3,(H,14,15). The van der Waals surface area contributed by atoms with Crippen molar-refractivity contribution in [2.24, 2.45) is 7.05 Å². The second kappa shape index (κ2) is 5.58. The molecule has 0 bridgehead atoms. The number of pyridine rings is 1. The van der Waals surface area contributed by atoms with Gasteiger partial charge in [-0.3, -0.25) is 14.8 Å². The minimum Gasteiger partial charge on any atom is -0.365 e. The maximum Gasteiger partial charge on any atom is 0.291 e. The second-order valence-corrected chi connectivity index (χ2v) is 5.21. The zero-order valence-electron chi connectivity index (χ0n) is 11.3. The van der Waals surface area contributed by atoms with Crippen LogP contribution in [-0.2, 0) is 13.6 Å². The van der Waals surface area contributed by atoms with Crippen LogP contribution in [0.15, 0.2) is 16.9 Å². The van der Waals surface area contributed by atoms with E-state index in [2.05, 4.69) is 31.3 Å². The molecule has 0 aromatic carbocycles. The first kappa shape index (κ1) is 14.4. The van der Waals surface area contributed by atoms with Gasteiger partial charge in [-0.1, -0.05) is 0 Å². The number of hydrogen-bond acceptors (Lipinski definition) is 5. The van der Waals surface area contributed by atoms with Gasteiger partial charge in [-0.05, 0) is 29.8 Å². The number of halogens is 1. The summed E-state index contributed by atoms with van der Waals surface area (Å²) in [5.74, 6) is 0.580. The Kier molecular flexibility index (Phi) is 4.03. The summed E-state index contributed by atoms with van der Waals surface area (Å²) in [5, 5.41) is 18.1. The van der Waals surface area contributed by atoms with E-state index < -0.39 is 4.92 Å². The van der Waals surface area contributed by atoms with Gasteiger partial charge in [0.05, 0.1) is 15.6 Å². The Morgan fingerprint density at radius 3 is 2.70 bits per heavy atom. The largest absolute Gasteiger partial charge is 0.365 e. The fourth-order valence-electron chi connectivity index (χ4n) is 1.77. The average Bonchev–Trinajstić information content (AvgIpc) is 2.71. The van der Waals surface area contributed by atoms with E-state index in [0.717, 1.165) is 11.3 Å². The van der Waals surface area contributed by atoms with Crippen LogP contribution in [0.25, 0.3) is 0 Å². The smallest absolute Gasteiger partial charge is 0.291 e. The molecule has 7 nitrogen and oxygen atoms in total. The van der Waals surface area contributed by atoms with Gasteiger partial charge in [0.1, 0.15) is 12.0 Å². The van der Waals surface area contributed by atoms with Gasteiger partial charge in [-0.25, -0.2) is 4.98 Å². The van der Waals surface area contributed by atoms with E-state index >= 15 is 0 Å². The third-order valence-electron chi connectivity index (χ3n) is 3.22. The van der Waals surface area contributed by atoms with Gasteiger partial charge in [0.15, 0.2) is 0 Å². The molecule has 0 radical (unpaired) electrons. The molecule has 0 amide bonds. The van der Waals surface area contributed by atoms with Crippen LogP contribution in [0.3, 0.4) is 0 Å². The Bertz CT molecular complexity index is 668. The highest BCUT2D eigenvalue weighted by molar-refractivity contribution is 9.10. The van der Waals surface area contributed by atoms with Crippen molar-refractivity contribution in [1.29, 1.82) is 0 Å². The fourth-order valence-corrected chi connectivity index (χ4v) is 2.22. The molecule has 8 heteroatoms. The number of aromatic nitrogens is 3. The highest BCUT2D eigenvalue weighted by atomic mass is 79.9. The summed E-state index contributed by atoms with van der Waals surface area (Å²) >= 11 is 3.35. The van der Waals surface area contributed by atoms with Crippen LogP contribution in [0, 0.1) is 24.0 Å². The van der Waals surface area contributed by atoms with Gasteiger partial charge in [-0.15, -0.1) is 0 Å². The van der Waals surface area contributed by atoms with Crippen molar-refractivity contribution in [2.75, 3.05) is 5.32 Å². The molecule has 0 unspecified atom stereocenters. The van der Waals surface area contributed by atoms with Crippen LogP contribution < -0.4 is 5.32 Å². The molecule has 20 heavy (non-hydrogen) atoms. The van der Waals surface area contributed by atoms with Crippen LogP contribution in [-0.4, -0.2) is 19.7 Å². The lowest BCUT2D eigenvalue weighted by Crippen LogP contribution is -2.05. The summed E-state index contributed by atoms with van der Waals surface area (Å²) in [7, 11) is 1.88. The highest BCUT2D eigenvalue weighted by Gasteiger charge is 2.17. The molecule has 2 rings (SSSR count). The first-order valence-electron chi connectivity index (χ1n) is 5.92.